The van der Waals surface area contributed by atoms with Gasteiger partial charge in [0.05, 0.1) is 24.2 Å². The number of nitrogens with one attached hydrogen (secondary N) is 1. The molecular formula is C24H31N3O5. The number of ether oxygens (including phenoxy) is 2. The van der Waals surface area contributed by atoms with E-state index in [2.05, 4.69) is 5.32 Å². The molecule has 1 fully saturated rings. The summed E-state index contributed by atoms with van der Waals surface area (Å²) in [5.41, 5.74) is 1.66. The molecule has 0 aromatic heterocycles. The highest BCUT2D eigenvalue weighted by Gasteiger charge is 2.28. The molecule has 8 nitrogen and oxygen atoms in total. The summed E-state index contributed by atoms with van der Waals surface area (Å²) >= 11 is 0. The molecule has 1 heterocycles. The molecule has 1 atom stereocenters. The zero-order valence-corrected chi connectivity index (χ0v) is 18.9. The molecule has 2 aromatic rings. The predicted molar refractivity (Wildman–Crippen MR) is 123 cm³/mol. The maximum atomic E-state index is 12.9. The Kier molecular flexibility index (Phi) is 7.92. The van der Waals surface area contributed by atoms with Crippen molar-refractivity contribution in [2.24, 2.45) is 5.92 Å². The zero-order valence-electron chi connectivity index (χ0n) is 18.9. The van der Waals surface area contributed by atoms with E-state index >= 15 is 0 Å². The van der Waals surface area contributed by atoms with E-state index in [0.717, 1.165) is 5.56 Å². The minimum Gasteiger partial charge on any atom is -0.490 e. The number of nitro groups is 1. The first-order valence-electron chi connectivity index (χ1n) is 11.1. The fourth-order valence-electron chi connectivity index (χ4n) is 4.02. The van der Waals surface area contributed by atoms with E-state index in [0.29, 0.717) is 56.3 Å². The van der Waals surface area contributed by atoms with Gasteiger partial charge in [-0.1, -0.05) is 18.2 Å². The SMILES string of the molecule is CCOc1ccc(C(C)NC(=O)C2CCN(c3ccccc3[N+](=O)[O-])CC2)cc1OCC. The van der Waals surface area contributed by atoms with Gasteiger partial charge in [-0.3, -0.25) is 14.9 Å². The number of nitrogens with zero attached hydrogens (tertiary/aromatic N) is 2. The van der Waals surface area contributed by atoms with Crippen LogP contribution in [0.15, 0.2) is 42.5 Å². The van der Waals surface area contributed by atoms with Gasteiger partial charge in [0.15, 0.2) is 11.5 Å². The van der Waals surface area contributed by atoms with Crippen molar-refractivity contribution in [1.82, 2.24) is 5.32 Å². The molecule has 0 radical (unpaired) electrons. The second-order valence-electron chi connectivity index (χ2n) is 7.81. The highest BCUT2D eigenvalue weighted by molar-refractivity contribution is 5.79. The molecule has 172 valence electrons. The van der Waals surface area contributed by atoms with E-state index in [1.807, 2.05) is 43.9 Å². The van der Waals surface area contributed by atoms with Gasteiger partial charge < -0.3 is 19.7 Å². The number of hydrogen-bond donors (Lipinski definition) is 1. The lowest BCUT2D eigenvalue weighted by atomic mass is 9.94. The lowest BCUT2D eigenvalue weighted by molar-refractivity contribution is -0.384. The first-order chi connectivity index (χ1) is 15.4. The number of nitro benzene ring substituents is 1. The fraction of sp³-hybridized carbons (Fsp3) is 0.458. The van der Waals surface area contributed by atoms with Gasteiger partial charge in [0.1, 0.15) is 5.69 Å². The standard InChI is InChI=1S/C24H31N3O5/c1-4-31-22-11-10-19(16-23(22)32-5-2)17(3)25-24(28)18-12-14-26(15-13-18)20-8-6-7-9-21(20)27(29)30/h6-11,16-18H,4-5,12-15H2,1-3H3,(H,25,28). The smallest absolute Gasteiger partial charge is 0.292 e. The number of para-hydroxylation sites is 2. The molecule has 1 aliphatic heterocycles. The molecular weight excluding hydrogens is 410 g/mol. The molecule has 0 aliphatic carbocycles. The van der Waals surface area contributed by atoms with Gasteiger partial charge in [0.2, 0.25) is 5.91 Å². The predicted octanol–water partition coefficient (Wildman–Crippen LogP) is 4.49. The summed E-state index contributed by atoms with van der Waals surface area (Å²) in [6.07, 6.45) is 1.30. The zero-order chi connectivity index (χ0) is 23.1. The largest absolute Gasteiger partial charge is 0.490 e. The maximum Gasteiger partial charge on any atom is 0.292 e. The van der Waals surface area contributed by atoms with Gasteiger partial charge in [-0.25, -0.2) is 0 Å². The Morgan fingerprint density at radius 1 is 1.12 bits per heavy atom. The van der Waals surface area contributed by atoms with E-state index < -0.39 is 0 Å². The monoisotopic (exact) mass is 441 g/mol. The second kappa shape index (κ2) is 10.8. The first kappa shape index (κ1) is 23.4. The van der Waals surface area contributed by atoms with Crippen molar-refractivity contribution in [3.05, 3.63) is 58.1 Å². The number of anilines is 1. The molecule has 8 heteroatoms. The number of amides is 1. The van der Waals surface area contributed by atoms with E-state index in [1.165, 1.54) is 6.07 Å². The summed E-state index contributed by atoms with van der Waals surface area (Å²) in [5.74, 6) is 1.25. The quantitative estimate of drug-likeness (QED) is 0.455. The van der Waals surface area contributed by atoms with Crippen LogP contribution in [0.3, 0.4) is 0 Å². The van der Waals surface area contributed by atoms with Crippen molar-refractivity contribution in [1.29, 1.82) is 0 Å². The van der Waals surface area contributed by atoms with Gasteiger partial charge >= 0.3 is 0 Å². The number of benzene rings is 2. The van der Waals surface area contributed by atoms with Crippen molar-refractivity contribution in [3.63, 3.8) is 0 Å². The Balaban J connectivity index is 1.60. The molecule has 2 aromatic carbocycles. The molecule has 0 saturated carbocycles. The Morgan fingerprint density at radius 2 is 1.78 bits per heavy atom. The van der Waals surface area contributed by atoms with Crippen molar-refractivity contribution in [2.75, 3.05) is 31.2 Å². The van der Waals surface area contributed by atoms with Crippen LogP contribution < -0.4 is 19.7 Å². The molecule has 0 bridgehead atoms. The average Bonchev–Trinajstić information content (AvgIpc) is 2.80. The minimum atomic E-state index is -0.358. The lowest BCUT2D eigenvalue weighted by Crippen LogP contribution is -2.41. The first-order valence-corrected chi connectivity index (χ1v) is 11.1. The van der Waals surface area contributed by atoms with Crippen molar-refractivity contribution in [2.45, 2.75) is 39.7 Å². The normalized spacial score (nSPS) is 15.2. The summed E-state index contributed by atoms with van der Waals surface area (Å²) in [7, 11) is 0. The highest BCUT2D eigenvalue weighted by Crippen LogP contribution is 2.33. The lowest BCUT2D eigenvalue weighted by Gasteiger charge is -2.33. The third kappa shape index (κ3) is 5.49. The Hall–Kier alpha value is -3.29. The van der Waals surface area contributed by atoms with Gasteiger partial charge in [-0.2, -0.15) is 0 Å². The fourth-order valence-corrected chi connectivity index (χ4v) is 4.02. The van der Waals surface area contributed by atoms with Gasteiger partial charge in [0, 0.05) is 25.1 Å². The van der Waals surface area contributed by atoms with Crippen molar-refractivity contribution < 1.29 is 19.2 Å². The van der Waals surface area contributed by atoms with Gasteiger partial charge in [-0.15, -0.1) is 0 Å². The van der Waals surface area contributed by atoms with Crippen LogP contribution in [0.2, 0.25) is 0 Å². The van der Waals surface area contributed by atoms with Crippen LogP contribution in [0.5, 0.6) is 11.5 Å². The Labute approximate surface area is 188 Å². The number of rotatable bonds is 9. The van der Waals surface area contributed by atoms with E-state index in [4.69, 9.17) is 9.47 Å². The number of carbonyl (C=O) groups excluding carboxylic acids is 1. The average molecular weight is 442 g/mol. The summed E-state index contributed by atoms with van der Waals surface area (Å²) < 4.78 is 11.3. The van der Waals surface area contributed by atoms with Gasteiger partial charge in [0.25, 0.3) is 5.69 Å². The molecule has 3 rings (SSSR count). The molecule has 1 N–H and O–H groups in total. The Morgan fingerprint density at radius 3 is 2.44 bits per heavy atom. The van der Waals surface area contributed by atoms with Crippen LogP contribution in [0.25, 0.3) is 0 Å². The van der Waals surface area contributed by atoms with Crippen LogP contribution in [0.4, 0.5) is 11.4 Å². The topological polar surface area (TPSA) is 93.9 Å². The van der Waals surface area contributed by atoms with Crippen LogP contribution in [0, 0.1) is 16.0 Å². The highest BCUT2D eigenvalue weighted by atomic mass is 16.6. The summed E-state index contributed by atoms with van der Waals surface area (Å²) in [4.78, 5) is 25.8. The minimum absolute atomic E-state index is 0.00607. The van der Waals surface area contributed by atoms with E-state index in [1.54, 1.807) is 18.2 Å². The third-order valence-electron chi connectivity index (χ3n) is 5.71. The van der Waals surface area contributed by atoms with Crippen LogP contribution in [0.1, 0.15) is 45.2 Å². The van der Waals surface area contributed by atoms with E-state index in [9.17, 15) is 14.9 Å². The summed E-state index contributed by atoms with van der Waals surface area (Å²) in [6, 6.07) is 12.3. The maximum absolute atomic E-state index is 12.9. The molecule has 0 spiro atoms. The van der Waals surface area contributed by atoms with Crippen LogP contribution in [-0.2, 0) is 4.79 Å². The van der Waals surface area contributed by atoms with Crippen molar-refractivity contribution >= 4 is 17.3 Å². The van der Waals surface area contributed by atoms with E-state index in [-0.39, 0.29) is 28.5 Å². The third-order valence-corrected chi connectivity index (χ3v) is 5.71. The molecule has 1 unspecified atom stereocenters. The van der Waals surface area contributed by atoms with Gasteiger partial charge in [-0.05, 0) is 57.4 Å². The van der Waals surface area contributed by atoms with Crippen LogP contribution in [-0.4, -0.2) is 37.1 Å². The molecule has 1 saturated heterocycles. The Bertz CT molecular complexity index is 941. The van der Waals surface area contributed by atoms with Crippen molar-refractivity contribution in [3.8, 4) is 11.5 Å². The number of hydrogen-bond acceptors (Lipinski definition) is 6. The number of carbonyl (C=O) groups is 1. The van der Waals surface area contributed by atoms with Crippen LogP contribution >= 0.6 is 0 Å². The summed E-state index contributed by atoms with van der Waals surface area (Å²) in [5, 5.41) is 14.4. The molecule has 32 heavy (non-hydrogen) atoms. The second-order valence-corrected chi connectivity index (χ2v) is 7.81. The number of piperidine rings is 1. The summed E-state index contributed by atoms with van der Waals surface area (Å²) in [6.45, 7) is 8.09. The molecule has 1 aliphatic rings. The molecule has 1 amide bonds.